The zero-order chi connectivity index (χ0) is 21.8. The van der Waals surface area contributed by atoms with Crippen LogP contribution >= 0.6 is 12.4 Å². The van der Waals surface area contributed by atoms with Gasteiger partial charge in [0.1, 0.15) is 0 Å². The lowest BCUT2D eigenvalue weighted by atomic mass is 10.1. The number of benzene rings is 2. The molecule has 12 heteroatoms. The van der Waals surface area contributed by atoms with Crippen LogP contribution in [0.3, 0.4) is 0 Å². The molecule has 4 N–H and O–H groups in total. The summed E-state index contributed by atoms with van der Waals surface area (Å²) in [6.45, 7) is 4.68. The lowest BCUT2D eigenvalue weighted by molar-refractivity contribution is 0.261. The lowest BCUT2D eigenvalue weighted by Crippen LogP contribution is -2.47. The topological polar surface area (TPSA) is 130 Å². The van der Waals surface area contributed by atoms with Crippen molar-refractivity contribution in [2.24, 2.45) is 0 Å². The molecule has 180 valence electrons. The third kappa shape index (κ3) is 9.21. The van der Waals surface area contributed by atoms with Crippen molar-refractivity contribution in [2.45, 2.75) is 6.42 Å². The number of piperazine rings is 1. The smallest absolute Gasteiger partial charge is 0.229 e. The monoisotopic (exact) mass is 506 g/mol. The van der Waals surface area contributed by atoms with Crippen molar-refractivity contribution < 1.29 is 22.3 Å². The van der Waals surface area contributed by atoms with Crippen LogP contribution < -0.4 is 14.3 Å². The Morgan fingerprint density at radius 3 is 1.62 bits per heavy atom. The summed E-state index contributed by atoms with van der Waals surface area (Å²) < 4.78 is 50.1. The van der Waals surface area contributed by atoms with E-state index in [0.29, 0.717) is 11.4 Å². The normalized spacial score (nSPS) is 14.8. The van der Waals surface area contributed by atoms with E-state index in [1.54, 1.807) is 24.3 Å². The minimum Gasteiger partial charge on any atom is -0.412 e. The van der Waals surface area contributed by atoms with Crippen LogP contribution in [0.1, 0.15) is 5.56 Å². The number of anilines is 3. The van der Waals surface area contributed by atoms with Gasteiger partial charge in [-0.2, -0.15) is 0 Å². The number of hydrogen-bond acceptors (Lipinski definition) is 6. The summed E-state index contributed by atoms with van der Waals surface area (Å²) in [4.78, 5) is 4.71. The molecule has 0 bridgehead atoms. The Morgan fingerprint density at radius 2 is 1.19 bits per heavy atom. The van der Waals surface area contributed by atoms with Gasteiger partial charge in [0.2, 0.25) is 20.0 Å². The Morgan fingerprint density at radius 1 is 0.750 bits per heavy atom. The average Bonchev–Trinajstić information content (AvgIpc) is 2.66. The van der Waals surface area contributed by atoms with Crippen molar-refractivity contribution in [1.29, 1.82) is 0 Å². The van der Waals surface area contributed by atoms with Crippen molar-refractivity contribution in [2.75, 3.05) is 59.6 Å². The van der Waals surface area contributed by atoms with Crippen molar-refractivity contribution in [1.82, 2.24) is 4.90 Å². The summed E-state index contributed by atoms with van der Waals surface area (Å²) in [5.74, 6) is 0. The number of sulfonamides is 2. The Kier molecular flexibility index (Phi) is 10.2. The van der Waals surface area contributed by atoms with Gasteiger partial charge < -0.3 is 10.4 Å². The molecule has 0 aliphatic carbocycles. The van der Waals surface area contributed by atoms with Gasteiger partial charge in [0, 0.05) is 49.8 Å². The van der Waals surface area contributed by atoms with Gasteiger partial charge in [-0.1, -0.05) is 12.1 Å². The van der Waals surface area contributed by atoms with E-state index >= 15 is 0 Å². The minimum atomic E-state index is -3.26. The van der Waals surface area contributed by atoms with Crippen LogP contribution in [0.25, 0.3) is 0 Å². The van der Waals surface area contributed by atoms with E-state index in [1.807, 2.05) is 24.3 Å². The molecule has 1 fully saturated rings. The Bertz CT molecular complexity index is 1050. The first-order valence-corrected chi connectivity index (χ1v) is 13.5. The molecule has 1 saturated heterocycles. The summed E-state index contributed by atoms with van der Waals surface area (Å²) in [5.41, 5.74) is 3.40. The summed E-state index contributed by atoms with van der Waals surface area (Å²) in [7, 11) is -6.51. The fourth-order valence-corrected chi connectivity index (χ4v) is 4.55. The first kappa shape index (κ1) is 28.0. The average molecular weight is 507 g/mol. The van der Waals surface area contributed by atoms with Gasteiger partial charge in [0.05, 0.1) is 12.5 Å². The summed E-state index contributed by atoms with van der Waals surface area (Å²) in [6, 6.07) is 14.9. The Labute approximate surface area is 196 Å². The molecular weight excluding hydrogens is 476 g/mol. The van der Waals surface area contributed by atoms with Gasteiger partial charge in [-0.3, -0.25) is 14.3 Å². The SMILES string of the molecule is CS(=O)(=O)Nc1ccc(CCN2CCN(c3ccc(NS(C)(=O)=O)cc3)CC2)cc1.Cl.O. The van der Waals surface area contributed by atoms with Gasteiger partial charge in [-0.05, 0) is 48.4 Å². The van der Waals surface area contributed by atoms with Gasteiger partial charge in [-0.15, -0.1) is 12.4 Å². The summed E-state index contributed by atoms with van der Waals surface area (Å²) in [6.07, 6.45) is 3.19. The largest absolute Gasteiger partial charge is 0.412 e. The second kappa shape index (κ2) is 11.7. The first-order valence-electron chi connectivity index (χ1n) is 9.69. The predicted octanol–water partition coefficient (Wildman–Crippen LogP) is 1.39. The zero-order valence-corrected chi connectivity index (χ0v) is 20.6. The molecular formula is C20H31ClN4O5S2. The maximum absolute atomic E-state index is 11.3. The summed E-state index contributed by atoms with van der Waals surface area (Å²) in [5, 5.41) is 0. The molecule has 1 heterocycles. The second-order valence-electron chi connectivity index (χ2n) is 7.57. The third-order valence-corrected chi connectivity index (χ3v) is 6.09. The van der Waals surface area contributed by atoms with E-state index in [9.17, 15) is 16.8 Å². The highest BCUT2D eigenvalue weighted by Gasteiger charge is 2.17. The van der Waals surface area contributed by atoms with E-state index in [0.717, 1.165) is 57.3 Å². The van der Waals surface area contributed by atoms with Crippen LogP contribution in [0, 0.1) is 0 Å². The summed E-state index contributed by atoms with van der Waals surface area (Å²) >= 11 is 0. The maximum Gasteiger partial charge on any atom is 0.229 e. The van der Waals surface area contributed by atoms with Gasteiger partial charge in [-0.25, -0.2) is 16.8 Å². The molecule has 9 nitrogen and oxygen atoms in total. The lowest BCUT2D eigenvalue weighted by Gasteiger charge is -2.36. The van der Waals surface area contributed by atoms with E-state index in [-0.39, 0.29) is 17.9 Å². The van der Waals surface area contributed by atoms with Gasteiger partial charge >= 0.3 is 0 Å². The number of nitrogens with one attached hydrogen (secondary N) is 2. The third-order valence-electron chi connectivity index (χ3n) is 4.88. The number of hydrogen-bond donors (Lipinski definition) is 2. The van der Waals surface area contributed by atoms with Crippen molar-refractivity contribution in [3.63, 3.8) is 0 Å². The highest BCUT2D eigenvalue weighted by Crippen LogP contribution is 2.20. The molecule has 0 atom stereocenters. The van der Waals surface area contributed by atoms with Crippen molar-refractivity contribution in [3.8, 4) is 0 Å². The van der Waals surface area contributed by atoms with E-state index in [1.165, 1.54) is 5.56 Å². The van der Waals surface area contributed by atoms with Crippen molar-refractivity contribution >= 4 is 49.5 Å². The van der Waals surface area contributed by atoms with Crippen molar-refractivity contribution in [3.05, 3.63) is 54.1 Å². The number of nitrogens with zero attached hydrogens (tertiary/aromatic N) is 2. The van der Waals surface area contributed by atoms with Gasteiger partial charge in [0.15, 0.2) is 0 Å². The molecule has 0 unspecified atom stereocenters. The molecule has 0 spiro atoms. The Balaban J connectivity index is 0.00000256. The molecule has 0 amide bonds. The second-order valence-corrected chi connectivity index (χ2v) is 11.1. The molecule has 0 aromatic heterocycles. The molecule has 32 heavy (non-hydrogen) atoms. The fourth-order valence-electron chi connectivity index (χ4n) is 3.42. The highest BCUT2D eigenvalue weighted by atomic mass is 35.5. The molecule has 3 rings (SSSR count). The molecule has 2 aromatic rings. The van der Waals surface area contributed by atoms with E-state index in [2.05, 4.69) is 19.2 Å². The van der Waals surface area contributed by atoms with Gasteiger partial charge in [0.25, 0.3) is 0 Å². The Hall–Kier alpha value is -2.05. The molecule has 1 aliphatic rings. The fraction of sp³-hybridized carbons (Fsp3) is 0.400. The van der Waals surface area contributed by atoms with Crippen LogP contribution in [-0.2, 0) is 26.5 Å². The molecule has 0 radical (unpaired) electrons. The highest BCUT2D eigenvalue weighted by molar-refractivity contribution is 7.92. The molecule has 0 saturated carbocycles. The molecule has 2 aromatic carbocycles. The quantitative estimate of drug-likeness (QED) is 0.556. The number of rotatable bonds is 8. The van der Waals surface area contributed by atoms with E-state index in [4.69, 9.17) is 0 Å². The zero-order valence-electron chi connectivity index (χ0n) is 18.1. The number of halogens is 1. The molecule has 1 aliphatic heterocycles. The standard InChI is InChI=1S/C20H28N4O4S2.ClH.H2O/c1-29(25,26)21-18-5-3-17(4-6-18)11-12-23-13-15-24(16-14-23)20-9-7-19(8-10-20)22-30(2,27)28;;/h3-10,21-22H,11-16H2,1-2H3;1H;1H2. The minimum absolute atomic E-state index is 0. The van der Waals surface area contributed by atoms with Crippen LogP contribution in [0.4, 0.5) is 17.1 Å². The van der Waals surface area contributed by atoms with Crippen LogP contribution in [0.2, 0.25) is 0 Å². The van der Waals surface area contributed by atoms with Crippen LogP contribution in [-0.4, -0.2) is 72.4 Å². The van der Waals surface area contributed by atoms with E-state index < -0.39 is 20.0 Å². The maximum atomic E-state index is 11.3. The predicted molar refractivity (Wildman–Crippen MR) is 133 cm³/mol. The first-order chi connectivity index (χ1) is 14.1. The van der Waals surface area contributed by atoms with Crippen LogP contribution in [0.5, 0.6) is 0 Å². The van der Waals surface area contributed by atoms with Crippen LogP contribution in [0.15, 0.2) is 48.5 Å².